The van der Waals surface area contributed by atoms with Gasteiger partial charge in [0.15, 0.2) is 17.5 Å². The minimum Gasteiger partial charge on any atom is -0.309 e. The Kier molecular flexibility index (Phi) is 6.76. The van der Waals surface area contributed by atoms with Crippen LogP contribution in [-0.4, -0.2) is 19.5 Å². The molecule has 0 fully saturated rings. The van der Waals surface area contributed by atoms with Crippen LogP contribution in [0.15, 0.2) is 182 Å². The third kappa shape index (κ3) is 4.75. The predicted molar refractivity (Wildman–Crippen MR) is 236 cm³/mol. The number of thiophene rings is 1. The van der Waals surface area contributed by atoms with Crippen LogP contribution in [0.5, 0.6) is 0 Å². The molecule has 0 radical (unpaired) electrons. The molecule has 0 aliphatic rings. The van der Waals surface area contributed by atoms with Crippen molar-refractivity contribution >= 4 is 85.6 Å². The normalized spacial score (nSPS) is 11.9. The molecule has 4 nitrogen and oxygen atoms in total. The fraction of sp³-hybridized carbons (Fsp3) is 0. The van der Waals surface area contributed by atoms with E-state index in [9.17, 15) is 0 Å². The quantitative estimate of drug-likeness (QED) is 0.181. The number of aromatic nitrogens is 4. The van der Waals surface area contributed by atoms with Crippen molar-refractivity contribution in [3.8, 4) is 39.9 Å². The molecule has 9 aromatic carbocycles. The molecule has 0 atom stereocenters. The molecule has 0 aliphatic carbocycles. The molecule has 5 heteroatoms. The summed E-state index contributed by atoms with van der Waals surface area (Å²) in [7, 11) is 0. The lowest BCUT2D eigenvalue weighted by molar-refractivity contribution is 1.08. The first kappa shape index (κ1) is 31.2. The predicted octanol–water partition coefficient (Wildman–Crippen LogP) is 13.8. The Balaban J connectivity index is 1.18. The van der Waals surface area contributed by atoms with E-state index in [1.54, 1.807) is 0 Å². The Morgan fingerprint density at radius 1 is 0.375 bits per heavy atom. The van der Waals surface area contributed by atoms with Crippen LogP contribution in [0.25, 0.3) is 114 Å². The van der Waals surface area contributed by atoms with Gasteiger partial charge in [-0.15, -0.1) is 11.3 Å². The van der Waals surface area contributed by atoms with E-state index in [4.69, 9.17) is 15.0 Å². The van der Waals surface area contributed by atoms with E-state index in [1.807, 2.05) is 29.5 Å². The molecular formula is C51H30N4S. The molecular weight excluding hydrogens is 701 g/mol. The molecule has 12 rings (SSSR count). The minimum absolute atomic E-state index is 0.650. The topological polar surface area (TPSA) is 43.6 Å². The van der Waals surface area contributed by atoms with Gasteiger partial charge in [0, 0.05) is 53.3 Å². The lowest BCUT2D eigenvalue weighted by Gasteiger charge is -2.13. The molecule has 260 valence electrons. The monoisotopic (exact) mass is 730 g/mol. The van der Waals surface area contributed by atoms with E-state index in [1.165, 1.54) is 47.4 Å². The summed E-state index contributed by atoms with van der Waals surface area (Å²) in [6.45, 7) is 0. The second kappa shape index (κ2) is 12.2. The highest BCUT2D eigenvalue weighted by Crippen LogP contribution is 2.45. The summed E-state index contributed by atoms with van der Waals surface area (Å²) in [5, 5.41) is 11.8. The average Bonchev–Trinajstić information content (AvgIpc) is 3.79. The summed E-state index contributed by atoms with van der Waals surface area (Å²) in [6.07, 6.45) is 0. The van der Waals surface area contributed by atoms with Gasteiger partial charge in [-0.2, -0.15) is 0 Å². The summed E-state index contributed by atoms with van der Waals surface area (Å²) in [5.74, 6) is 1.97. The van der Waals surface area contributed by atoms with E-state index in [0.717, 1.165) is 49.3 Å². The van der Waals surface area contributed by atoms with Crippen molar-refractivity contribution in [2.45, 2.75) is 0 Å². The molecule has 0 bridgehead atoms. The highest BCUT2D eigenvalue weighted by molar-refractivity contribution is 7.26. The number of nitrogens with zero attached hydrogens (tertiary/aromatic N) is 4. The van der Waals surface area contributed by atoms with Gasteiger partial charge in [-0.25, -0.2) is 15.0 Å². The van der Waals surface area contributed by atoms with Gasteiger partial charge in [-0.1, -0.05) is 140 Å². The maximum Gasteiger partial charge on any atom is 0.165 e. The first-order valence-corrected chi connectivity index (χ1v) is 19.7. The van der Waals surface area contributed by atoms with E-state index >= 15 is 0 Å². The molecule has 0 aliphatic heterocycles. The summed E-state index contributed by atoms with van der Waals surface area (Å²) in [4.78, 5) is 15.9. The van der Waals surface area contributed by atoms with Gasteiger partial charge in [-0.3, -0.25) is 0 Å². The first-order chi connectivity index (χ1) is 27.7. The second-order valence-electron chi connectivity index (χ2n) is 14.4. The van der Waals surface area contributed by atoms with Crippen LogP contribution in [0, 0.1) is 0 Å². The SMILES string of the molecule is c1ccc(-c2nc(-c3cccc4ccccc34)nc(-c3c4ccccc4cc4sc5ccc(-n6c7ccccc7c7cc8ccccc8cc76)cc5c34)n2)cc1. The molecule has 0 saturated heterocycles. The zero-order valence-corrected chi connectivity index (χ0v) is 30.8. The molecule has 3 heterocycles. The van der Waals surface area contributed by atoms with Crippen molar-refractivity contribution in [3.63, 3.8) is 0 Å². The average molecular weight is 731 g/mol. The Morgan fingerprint density at radius 3 is 1.89 bits per heavy atom. The highest BCUT2D eigenvalue weighted by Gasteiger charge is 2.22. The Bertz CT molecular complexity index is 3540. The Morgan fingerprint density at radius 2 is 1.04 bits per heavy atom. The van der Waals surface area contributed by atoms with E-state index < -0.39 is 0 Å². The lowest BCUT2D eigenvalue weighted by Crippen LogP contribution is -2.01. The minimum atomic E-state index is 0.650. The van der Waals surface area contributed by atoms with Crippen LogP contribution >= 0.6 is 11.3 Å². The first-order valence-electron chi connectivity index (χ1n) is 18.9. The highest BCUT2D eigenvalue weighted by atomic mass is 32.1. The molecule has 56 heavy (non-hydrogen) atoms. The van der Waals surface area contributed by atoms with Gasteiger partial charge in [0.25, 0.3) is 0 Å². The van der Waals surface area contributed by atoms with Crippen LogP contribution in [-0.2, 0) is 0 Å². The Hall–Kier alpha value is -7.21. The van der Waals surface area contributed by atoms with Gasteiger partial charge in [0.05, 0.1) is 11.0 Å². The van der Waals surface area contributed by atoms with Crippen molar-refractivity contribution in [1.82, 2.24) is 19.5 Å². The molecule has 0 N–H and O–H groups in total. The van der Waals surface area contributed by atoms with Crippen molar-refractivity contribution < 1.29 is 0 Å². The zero-order chi connectivity index (χ0) is 36.7. The number of benzene rings is 9. The van der Waals surface area contributed by atoms with Gasteiger partial charge in [0.1, 0.15) is 0 Å². The van der Waals surface area contributed by atoms with E-state index in [-0.39, 0.29) is 0 Å². The molecule has 3 aromatic heterocycles. The summed E-state index contributed by atoms with van der Waals surface area (Å²) in [6, 6.07) is 65.0. The fourth-order valence-corrected chi connectivity index (χ4v) is 9.78. The standard InChI is InChI=1S/C51H30N4S/c1-2-14-32(15-3-1)49-52-50(40-23-12-19-31-13-6-8-20-37(31)40)54-51(53-49)48-38-21-9-7-18-35(38)29-46-47(48)42-30-36(25-26-45(42)56-46)55-43-24-11-10-22-39(43)41-27-33-16-4-5-17-34(33)28-44(41)55/h1-30H. The summed E-state index contributed by atoms with van der Waals surface area (Å²) < 4.78 is 4.85. The fourth-order valence-electron chi connectivity index (χ4n) is 8.64. The maximum atomic E-state index is 5.40. The number of hydrogen-bond donors (Lipinski definition) is 0. The van der Waals surface area contributed by atoms with Crippen LogP contribution in [0.3, 0.4) is 0 Å². The third-order valence-corrected chi connectivity index (χ3v) is 12.3. The number of para-hydroxylation sites is 1. The number of fused-ring (bicyclic) bond motifs is 9. The lowest BCUT2D eigenvalue weighted by atomic mass is 9.97. The van der Waals surface area contributed by atoms with Crippen molar-refractivity contribution in [2.75, 3.05) is 0 Å². The molecule has 12 aromatic rings. The van der Waals surface area contributed by atoms with Gasteiger partial charge >= 0.3 is 0 Å². The smallest absolute Gasteiger partial charge is 0.165 e. The number of hydrogen-bond acceptors (Lipinski definition) is 4. The van der Waals surface area contributed by atoms with Gasteiger partial charge in [-0.05, 0) is 74.8 Å². The van der Waals surface area contributed by atoms with Crippen LogP contribution in [0.1, 0.15) is 0 Å². The van der Waals surface area contributed by atoms with E-state index in [2.05, 4.69) is 168 Å². The Labute approximate surface area is 325 Å². The molecule has 0 spiro atoms. The van der Waals surface area contributed by atoms with Crippen molar-refractivity contribution in [3.05, 3.63) is 182 Å². The zero-order valence-electron chi connectivity index (χ0n) is 30.0. The van der Waals surface area contributed by atoms with Gasteiger partial charge < -0.3 is 4.57 Å². The van der Waals surface area contributed by atoms with Crippen molar-refractivity contribution in [2.24, 2.45) is 0 Å². The van der Waals surface area contributed by atoms with Crippen molar-refractivity contribution in [1.29, 1.82) is 0 Å². The second-order valence-corrected chi connectivity index (χ2v) is 15.5. The molecule has 0 amide bonds. The van der Waals surface area contributed by atoms with Crippen LogP contribution < -0.4 is 0 Å². The third-order valence-electron chi connectivity index (χ3n) is 11.2. The van der Waals surface area contributed by atoms with Crippen LogP contribution in [0.2, 0.25) is 0 Å². The summed E-state index contributed by atoms with van der Waals surface area (Å²) in [5.41, 5.74) is 6.46. The van der Waals surface area contributed by atoms with Crippen LogP contribution in [0.4, 0.5) is 0 Å². The van der Waals surface area contributed by atoms with E-state index in [0.29, 0.717) is 17.5 Å². The largest absolute Gasteiger partial charge is 0.309 e. The van der Waals surface area contributed by atoms with Gasteiger partial charge in [0.2, 0.25) is 0 Å². The molecule has 0 saturated carbocycles. The maximum absolute atomic E-state index is 5.40. The summed E-state index contributed by atoms with van der Waals surface area (Å²) >= 11 is 1.82. The molecule has 0 unspecified atom stereocenters. The number of rotatable bonds is 4.